The molecule has 0 saturated heterocycles. The third kappa shape index (κ3) is 3.33. The Labute approximate surface area is 148 Å². The van der Waals surface area contributed by atoms with Gasteiger partial charge in [-0.25, -0.2) is 0 Å². The minimum Gasteiger partial charge on any atom is -0.497 e. The maximum Gasteiger partial charge on any atom is 0.148 e. The van der Waals surface area contributed by atoms with Gasteiger partial charge in [0.05, 0.1) is 17.8 Å². The van der Waals surface area contributed by atoms with Gasteiger partial charge in [0, 0.05) is 22.0 Å². The van der Waals surface area contributed by atoms with Crippen molar-refractivity contribution in [2.75, 3.05) is 7.11 Å². The molecule has 3 aromatic rings. The van der Waals surface area contributed by atoms with Crippen LogP contribution in [0.25, 0.3) is 11.0 Å². The lowest BCUT2D eigenvalue weighted by molar-refractivity contribution is 0.300. The number of aryl methyl sites for hydroxylation is 1. The van der Waals surface area contributed by atoms with E-state index in [9.17, 15) is 0 Å². The van der Waals surface area contributed by atoms with Crippen LogP contribution in [0.1, 0.15) is 18.1 Å². The minimum atomic E-state index is 0.403. The van der Waals surface area contributed by atoms with E-state index in [2.05, 4.69) is 22.9 Å². The van der Waals surface area contributed by atoms with Crippen molar-refractivity contribution in [3.05, 3.63) is 57.2 Å². The second-order valence-electron chi connectivity index (χ2n) is 5.14. The van der Waals surface area contributed by atoms with E-state index in [-0.39, 0.29) is 0 Å². The van der Waals surface area contributed by atoms with Gasteiger partial charge in [0.2, 0.25) is 0 Å². The SMILES string of the molecule is CCc1ccc(OC)cc1OCc1coc2c(Br)cc(Cl)cc12. The van der Waals surface area contributed by atoms with Crippen molar-refractivity contribution in [2.24, 2.45) is 0 Å². The number of ether oxygens (including phenoxy) is 2. The molecule has 0 fully saturated rings. The van der Waals surface area contributed by atoms with Crippen molar-refractivity contribution in [1.29, 1.82) is 0 Å². The van der Waals surface area contributed by atoms with Gasteiger partial charge in [-0.1, -0.05) is 24.6 Å². The van der Waals surface area contributed by atoms with Crippen molar-refractivity contribution in [1.82, 2.24) is 0 Å². The number of halogens is 2. The molecule has 0 atom stereocenters. The summed E-state index contributed by atoms with van der Waals surface area (Å²) in [4.78, 5) is 0. The van der Waals surface area contributed by atoms with Crippen molar-refractivity contribution < 1.29 is 13.9 Å². The summed E-state index contributed by atoms with van der Waals surface area (Å²) in [7, 11) is 1.65. The summed E-state index contributed by atoms with van der Waals surface area (Å²) in [5.41, 5.74) is 2.86. The van der Waals surface area contributed by atoms with Gasteiger partial charge in [-0.15, -0.1) is 0 Å². The molecule has 23 heavy (non-hydrogen) atoms. The lowest BCUT2D eigenvalue weighted by Gasteiger charge is -2.11. The molecule has 5 heteroatoms. The molecule has 3 rings (SSSR count). The van der Waals surface area contributed by atoms with Crippen LogP contribution in [0.15, 0.2) is 45.5 Å². The van der Waals surface area contributed by atoms with Crippen molar-refractivity contribution in [3.8, 4) is 11.5 Å². The lowest BCUT2D eigenvalue weighted by atomic mass is 10.1. The first-order valence-corrected chi connectivity index (χ1v) is 8.44. The topological polar surface area (TPSA) is 31.6 Å². The molecular formula is C18H16BrClO3. The van der Waals surface area contributed by atoms with E-state index >= 15 is 0 Å². The standard InChI is InChI=1S/C18H16BrClO3/c1-3-11-4-5-14(21-2)8-17(11)22-9-12-10-23-18-15(12)6-13(20)7-16(18)19/h4-8,10H,3,9H2,1-2H3. The van der Waals surface area contributed by atoms with Gasteiger partial charge in [0.25, 0.3) is 0 Å². The highest BCUT2D eigenvalue weighted by Crippen LogP contribution is 2.33. The fourth-order valence-electron chi connectivity index (χ4n) is 2.47. The quantitative estimate of drug-likeness (QED) is 0.531. The smallest absolute Gasteiger partial charge is 0.148 e. The van der Waals surface area contributed by atoms with Gasteiger partial charge >= 0.3 is 0 Å². The monoisotopic (exact) mass is 394 g/mol. The molecule has 3 nitrogen and oxygen atoms in total. The summed E-state index contributed by atoms with van der Waals surface area (Å²) in [6, 6.07) is 9.57. The maximum atomic E-state index is 6.13. The molecule has 0 N–H and O–H groups in total. The predicted octanol–water partition coefficient (Wildman–Crippen LogP) is 6.00. The van der Waals surface area contributed by atoms with Crippen LogP contribution < -0.4 is 9.47 Å². The van der Waals surface area contributed by atoms with Gasteiger partial charge in [-0.05, 0) is 46.1 Å². The molecule has 0 aliphatic carbocycles. The molecule has 1 heterocycles. The van der Waals surface area contributed by atoms with Gasteiger partial charge in [-0.3, -0.25) is 0 Å². The number of furan rings is 1. The largest absolute Gasteiger partial charge is 0.497 e. The summed E-state index contributed by atoms with van der Waals surface area (Å²) in [5, 5.41) is 1.60. The highest BCUT2D eigenvalue weighted by molar-refractivity contribution is 9.10. The maximum absolute atomic E-state index is 6.13. The summed E-state index contributed by atoms with van der Waals surface area (Å²) < 4.78 is 17.7. The van der Waals surface area contributed by atoms with E-state index in [1.165, 1.54) is 0 Å². The highest BCUT2D eigenvalue weighted by atomic mass is 79.9. The zero-order valence-electron chi connectivity index (χ0n) is 12.9. The molecule has 0 amide bonds. The second-order valence-corrected chi connectivity index (χ2v) is 6.43. The Bertz CT molecular complexity index is 842. The molecule has 2 aromatic carbocycles. The number of rotatable bonds is 5. The third-order valence-corrected chi connectivity index (χ3v) is 4.52. The number of hydrogen-bond acceptors (Lipinski definition) is 3. The first-order valence-electron chi connectivity index (χ1n) is 7.27. The summed E-state index contributed by atoms with van der Waals surface area (Å²) >= 11 is 9.59. The van der Waals surface area contributed by atoms with Crippen LogP contribution in [0.2, 0.25) is 5.02 Å². The molecule has 0 bridgehead atoms. The van der Waals surface area contributed by atoms with Crippen LogP contribution in [0.5, 0.6) is 11.5 Å². The zero-order valence-corrected chi connectivity index (χ0v) is 15.2. The van der Waals surface area contributed by atoms with Crippen molar-refractivity contribution in [3.63, 3.8) is 0 Å². The van der Waals surface area contributed by atoms with Gasteiger partial charge in [0.1, 0.15) is 23.7 Å². The Morgan fingerprint density at radius 3 is 2.74 bits per heavy atom. The Kier molecular flexibility index (Phi) is 4.83. The predicted molar refractivity (Wildman–Crippen MR) is 95.6 cm³/mol. The van der Waals surface area contributed by atoms with Gasteiger partial charge in [-0.2, -0.15) is 0 Å². The summed E-state index contributed by atoms with van der Waals surface area (Å²) in [5.74, 6) is 1.60. The fourth-order valence-corrected chi connectivity index (χ4v) is 3.37. The number of hydrogen-bond donors (Lipinski definition) is 0. The second kappa shape index (κ2) is 6.85. The van der Waals surface area contributed by atoms with E-state index in [0.29, 0.717) is 11.6 Å². The van der Waals surface area contributed by atoms with Crippen LogP contribution in [-0.4, -0.2) is 7.11 Å². The molecule has 120 valence electrons. The van der Waals surface area contributed by atoms with Crippen LogP contribution in [0.4, 0.5) is 0 Å². The lowest BCUT2D eigenvalue weighted by Crippen LogP contribution is -1.98. The van der Waals surface area contributed by atoms with E-state index in [1.807, 2.05) is 30.3 Å². The van der Waals surface area contributed by atoms with Gasteiger partial charge in [0.15, 0.2) is 0 Å². The Morgan fingerprint density at radius 2 is 2.00 bits per heavy atom. The van der Waals surface area contributed by atoms with E-state index in [1.54, 1.807) is 13.4 Å². The Morgan fingerprint density at radius 1 is 1.17 bits per heavy atom. The van der Waals surface area contributed by atoms with Crippen LogP contribution in [0.3, 0.4) is 0 Å². The van der Waals surface area contributed by atoms with E-state index < -0.39 is 0 Å². The molecule has 0 saturated carbocycles. The van der Waals surface area contributed by atoms with Crippen molar-refractivity contribution >= 4 is 38.5 Å². The first-order chi connectivity index (χ1) is 11.1. The molecule has 1 aromatic heterocycles. The normalized spacial score (nSPS) is 11.0. The van der Waals surface area contributed by atoms with Crippen LogP contribution >= 0.6 is 27.5 Å². The zero-order chi connectivity index (χ0) is 16.4. The Hall–Kier alpha value is -1.65. The number of fused-ring (bicyclic) bond motifs is 1. The molecular weight excluding hydrogens is 380 g/mol. The average Bonchev–Trinajstić information content (AvgIpc) is 2.95. The highest BCUT2D eigenvalue weighted by Gasteiger charge is 2.12. The summed E-state index contributed by atoms with van der Waals surface area (Å²) in [6.07, 6.45) is 2.60. The van der Waals surface area contributed by atoms with E-state index in [0.717, 1.165) is 44.5 Å². The average molecular weight is 396 g/mol. The summed E-state index contributed by atoms with van der Waals surface area (Å²) in [6.45, 7) is 2.50. The fraction of sp³-hybridized carbons (Fsp3) is 0.222. The molecule has 0 unspecified atom stereocenters. The third-order valence-electron chi connectivity index (χ3n) is 3.71. The first kappa shape index (κ1) is 16.2. The van der Waals surface area contributed by atoms with Crippen LogP contribution in [0, 0.1) is 0 Å². The number of methoxy groups -OCH3 is 1. The Balaban J connectivity index is 1.89. The number of benzene rings is 2. The molecule has 0 aliphatic rings. The minimum absolute atomic E-state index is 0.403. The molecule has 0 radical (unpaired) electrons. The molecule has 0 spiro atoms. The van der Waals surface area contributed by atoms with Crippen LogP contribution in [-0.2, 0) is 13.0 Å². The van der Waals surface area contributed by atoms with Crippen molar-refractivity contribution in [2.45, 2.75) is 20.0 Å². The van der Waals surface area contributed by atoms with E-state index in [4.69, 9.17) is 25.5 Å². The molecule has 0 aliphatic heterocycles. The van der Waals surface area contributed by atoms with Gasteiger partial charge < -0.3 is 13.9 Å².